The number of nitrogen functional groups attached to an aromatic ring is 1. The molecule has 0 spiro atoms. The van der Waals surface area contributed by atoms with E-state index in [0.29, 0.717) is 18.3 Å². The smallest absolute Gasteiger partial charge is 0.276 e. The zero-order valence-corrected chi connectivity index (χ0v) is 12.0. The van der Waals surface area contributed by atoms with E-state index in [9.17, 15) is 4.79 Å². The Hall–Kier alpha value is -1.60. The van der Waals surface area contributed by atoms with Crippen molar-refractivity contribution in [3.8, 4) is 0 Å². The topological polar surface area (TPSA) is 104 Å². The minimum Gasteiger partial charge on any atom is -0.391 e. The monoisotopic (exact) mass is 280 g/mol. The third-order valence-corrected chi connectivity index (χ3v) is 3.73. The molecule has 0 saturated carbocycles. The van der Waals surface area contributed by atoms with Gasteiger partial charge in [-0.1, -0.05) is 6.92 Å². The van der Waals surface area contributed by atoms with Crippen LogP contribution >= 0.6 is 0 Å². The van der Waals surface area contributed by atoms with E-state index in [1.54, 1.807) is 0 Å². The van der Waals surface area contributed by atoms with E-state index in [1.807, 2.05) is 0 Å². The first-order chi connectivity index (χ1) is 9.61. The van der Waals surface area contributed by atoms with Gasteiger partial charge in [0, 0.05) is 26.2 Å². The Morgan fingerprint density at radius 1 is 1.40 bits per heavy atom. The first kappa shape index (κ1) is 14.8. The molecule has 1 saturated heterocycles. The maximum atomic E-state index is 11.5. The Morgan fingerprint density at radius 3 is 2.95 bits per heavy atom. The van der Waals surface area contributed by atoms with Crippen LogP contribution in [0.5, 0.6) is 0 Å². The van der Waals surface area contributed by atoms with Crippen LogP contribution in [-0.2, 0) is 0 Å². The summed E-state index contributed by atoms with van der Waals surface area (Å²) in [5.74, 6) is 1.10. The summed E-state index contributed by atoms with van der Waals surface area (Å²) in [6.45, 7) is 7.58. The maximum absolute atomic E-state index is 11.5. The van der Waals surface area contributed by atoms with Gasteiger partial charge in [0.2, 0.25) is 0 Å². The van der Waals surface area contributed by atoms with Crippen LogP contribution in [0, 0.1) is 5.92 Å². The molecule has 1 unspecified atom stereocenters. The van der Waals surface area contributed by atoms with Crippen molar-refractivity contribution in [1.29, 1.82) is 0 Å². The molecular formula is C13H24N6O. The zero-order valence-electron chi connectivity index (χ0n) is 12.0. The van der Waals surface area contributed by atoms with Crippen LogP contribution < -0.4 is 21.9 Å². The summed E-state index contributed by atoms with van der Waals surface area (Å²) < 4.78 is 0. The average molecular weight is 280 g/mol. The summed E-state index contributed by atoms with van der Waals surface area (Å²) in [4.78, 5) is 22.8. The van der Waals surface area contributed by atoms with E-state index >= 15 is 0 Å². The Labute approximate surface area is 119 Å². The minimum atomic E-state index is -0.271. The highest BCUT2D eigenvalue weighted by Gasteiger charge is 2.19. The molecule has 0 amide bonds. The van der Waals surface area contributed by atoms with E-state index in [2.05, 4.69) is 26.7 Å². The lowest BCUT2D eigenvalue weighted by Crippen LogP contribution is -2.36. The number of nitrogens with two attached hydrogens (primary N) is 2. The van der Waals surface area contributed by atoms with Crippen LogP contribution in [0.2, 0.25) is 0 Å². The fraction of sp³-hybridized carbons (Fsp3) is 0.692. The summed E-state index contributed by atoms with van der Waals surface area (Å²) >= 11 is 0. The molecule has 1 aliphatic rings. The summed E-state index contributed by atoms with van der Waals surface area (Å²) in [7, 11) is 0. The molecule has 0 aliphatic carbocycles. The number of nitrogens with zero attached hydrogens (tertiary/aromatic N) is 3. The van der Waals surface area contributed by atoms with Gasteiger partial charge in [0.25, 0.3) is 5.56 Å². The van der Waals surface area contributed by atoms with Crippen molar-refractivity contribution in [2.24, 2.45) is 11.7 Å². The lowest BCUT2D eigenvalue weighted by atomic mass is 10.1. The normalized spacial score (nSPS) is 18.8. The first-order valence-corrected chi connectivity index (χ1v) is 7.12. The number of aromatic nitrogens is 2. The summed E-state index contributed by atoms with van der Waals surface area (Å²) in [5, 5.41) is 0. The Kier molecular flexibility index (Phi) is 4.97. The lowest BCUT2D eigenvalue weighted by molar-refractivity contribution is 0.255. The van der Waals surface area contributed by atoms with Crippen molar-refractivity contribution in [2.45, 2.75) is 13.3 Å². The van der Waals surface area contributed by atoms with Crippen molar-refractivity contribution in [2.75, 3.05) is 49.9 Å². The van der Waals surface area contributed by atoms with Gasteiger partial charge in [-0.3, -0.25) is 4.79 Å². The molecule has 0 aromatic carbocycles. The van der Waals surface area contributed by atoms with Gasteiger partial charge >= 0.3 is 0 Å². The predicted octanol–water partition coefficient (Wildman–Crippen LogP) is -0.541. The highest BCUT2D eigenvalue weighted by molar-refractivity contribution is 5.60. The number of hydrogen-bond acceptors (Lipinski definition) is 6. The molecule has 1 fully saturated rings. The molecule has 20 heavy (non-hydrogen) atoms. The summed E-state index contributed by atoms with van der Waals surface area (Å²) in [6, 6.07) is 0. The third kappa shape index (κ3) is 3.49. The van der Waals surface area contributed by atoms with Crippen molar-refractivity contribution < 1.29 is 0 Å². The van der Waals surface area contributed by atoms with Crippen LogP contribution in [0.25, 0.3) is 0 Å². The molecule has 1 aromatic heterocycles. The third-order valence-electron chi connectivity index (χ3n) is 3.73. The van der Waals surface area contributed by atoms with Crippen LogP contribution in [0.1, 0.15) is 13.3 Å². The molecule has 5 N–H and O–H groups in total. The quantitative estimate of drug-likeness (QED) is 0.684. The molecule has 1 aromatic rings. The Bertz CT molecular complexity index is 488. The van der Waals surface area contributed by atoms with Gasteiger partial charge in [0.05, 0.1) is 6.33 Å². The number of rotatable bonds is 4. The van der Waals surface area contributed by atoms with E-state index in [-0.39, 0.29) is 11.2 Å². The van der Waals surface area contributed by atoms with Crippen LogP contribution in [0.15, 0.2) is 11.1 Å². The van der Waals surface area contributed by atoms with Gasteiger partial charge in [0.1, 0.15) is 5.69 Å². The van der Waals surface area contributed by atoms with Gasteiger partial charge in [-0.15, -0.1) is 0 Å². The molecule has 7 nitrogen and oxygen atoms in total. The van der Waals surface area contributed by atoms with E-state index in [1.165, 1.54) is 6.33 Å². The van der Waals surface area contributed by atoms with Crippen LogP contribution in [0.3, 0.4) is 0 Å². The minimum absolute atomic E-state index is 0.205. The highest BCUT2D eigenvalue weighted by Crippen LogP contribution is 2.17. The van der Waals surface area contributed by atoms with Crippen molar-refractivity contribution in [1.82, 2.24) is 14.9 Å². The highest BCUT2D eigenvalue weighted by atomic mass is 16.1. The van der Waals surface area contributed by atoms with Crippen molar-refractivity contribution in [3.05, 3.63) is 16.7 Å². The van der Waals surface area contributed by atoms with Gasteiger partial charge in [-0.05, 0) is 25.4 Å². The van der Waals surface area contributed by atoms with Gasteiger partial charge in [0.15, 0.2) is 5.82 Å². The number of aromatic amines is 1. The van der Waals surface area contributed by atoms with E-state index < -0.39 is 0 Å². The van der Waals surface area contributed by atoms with Gasteiger partial charge in [-0.25, -0.2) is 4.98 Å². The second kappa shape index (κ2) is 6.71. The van der Waals surface area contributed by atoms with Crippen molar-refractivity contribution >= 4 is 11.5 Å². The molecule has 0 radical (unpaired) electrons. The standard InChI is InChI=1S/C13H24N6O/c1-10(7-14)8-18-3-2-4-19(6-5-18)12-11(15)13(20)17-9-16-12/h9-10H,2-8,14-15H2,1H3,(H,16,17,20). The fourth-order valence-electron chi connectivity index (χ4n) is 2.53. The van der Waals surface area contributed by atoms with Gasteiger partial charge in [-0.2, -0.15) is 0 Å². The maximum Gasteiger partial charge on any atom is 0.276 e. The molecular weight excluding hydrogens is 256 g/mol. The second-order valence-corrected chi connectivity index (χ2v) is 5.45. The first-order valence-electron chi connectivity index (χ1n) is 7.12. The number of H-pyrrole nitrogens is 1. The van der Waals surface area contributed by atoms with Gasteiger partial charge < -0.3 is 26.3 Å². The second-order valence-electron chi connectivity index (χ2n) is 5.45. The molecule has 2 heterocycles. The molecule has 7 heteroatoms. The van der Waals surface area contributed by atoms with E-state index in [4.69, 9.17) is 11.5 Å². The lowest BCUT2D eigenvalue weighted by Gasteiger charge is -2.24. The van der Waals surface area contributed by atoms with Crippen molar-refractivity contribution in [3.63, 3.8) is 0 Å². The zero-order chi connectivity index (χ0) is 14.5. The van der Waals surface area contributed by atoms with E-state index in [0.717, 1.165) is 39.1 Å². The fourth-order valence-corrected chi connectivity index (χ4v) is 2.53. The Morgan fingerprint density at radius 2 is 2.20 bits per heavy atom. The molecule has 112 valence electrons. The summed E-state index contributed by atoms with van der Waals surface area (Å²) in [5.41, 5.74) is 11.4. The van der Waals surface area contributed by atoms with Crippen LogP contribution in [-0.4, -0.2) is 54.1 Å². The Balaban J connectivity index is 2.02. The average Bonchev–Trinajstić information content (AvgIpc) is 2.67. The number of anilines is 2. The molecule has 1 atom stereocenters. The summed E-state index contributed by atoms with van der Waals surface area (Å²) in [6.07, 6.45) is 2.44. The largest absolute Gasteiger partial charge is 0.391 e. The molecule has 0 bridgehead atoms. The molecule has 2 rings (SSSR count). The van der Waals surface area contributed by atoms with Crippen LogP contribution in [0.4, 0.5) is 11.5 Å². The SMILES string of the molecule is CC(CN)CN1CCCN(c2nc[nH]c(=O)c2N)CC1. The number of hydrogen-bond donors (Lipinski definition) is 3. The molecule has 1 aliphatic heterocycles. The predicted molar refractivity (Wildman–Crippen MR) is 80.8 cm³/mol. The number of nitrogens with one attached hydrogen (secondary N) is 1.